The average molecular weight is 445 g/mol. The fourth-order valence-corrected chi connectivity index (χ4v) is 7.67. The van der Waals surface area contributed by atoms with Crippen LogP contribution in [0.2, 0.25) is 0 Å². The van der Waals surface area contributed by atoms with E-state index in [1.807, 2.05) is 0 Å². The second kappa shape index (κ2) is 12.7. The van der Waals surface area contributed by atoms with Crippen LogP contribution in [0.3, 0.4) is 0 Å². The van der Waals surface area contributed by atoms with E-state index >= 15 is 0 Å². The van der Waals surface area contributed by atoms with Gasteiger partial charge in [-0.3, -0.25) is 0 Å². The van der Waals surface area contributed by atoms with E-state index in [1.165, 1.54) is 121 Å². The Bertz CT molecular complexity index is 590. The molecular formula is C30H56N2. The summed E-state index contributed by atoms with van der Waals surface area (Å²) in [7, 11) is 0. The summed E-state index contributed by atoms with van der Waals surface area (Å²) >= 11 is 0. The molecule has 0 aliphatic heterocycles. The molecule has 0 amide bonds. The molecule has 0 aromatic rings. The topological polar surface area (TPSA) is 36.4 Å². The molecule has 0 radical (unpaired) electrons. The standard InChI is InChI=1S/C30H56N2/c1-7-9-22-28(3,4)26-21-17-14-18-24-30(27(26)32-31,29(5,6)23-10-8-2)25-19-15-12-11-13-16-20-25/h25-26H,7-24H2,1-6H3. The van der Waals surface area contributed by atoms with Gasteiger partial charge in [0.05, 0.1) is 11.3 Å². The Morgan fingerprint density at radius 3 is 1.91 bits per heavy atom. The van der Waals surface area contributed by atoms with Gasteiger partial charge in [-0.2, -0.15) is 4.79 Å². The van der Waals surface area contributed by atoms with Crippen LogP contribution in [0, 0.1) is 28.1 Å². The van der Waals surface area contributed by atoms with Crippen LogP contribution < -0.4 is 0 Å². The molecule has 2 unspecified atom stereocenters. The van der Waals surface area contributed by atoms with Crippen LogP contribution in [0.4, 0.5) is 0 Å². The molecule has 2 heteroatoms. The van der Waals surface area contributed by atoms with Crippen molar-refractivity contribution in [2.45, 2.75) is 157 Å². The van der Waals surface area contributed by atoms with Crippen molar-refractivity contribution < 1.29 is 4.79 Å². The van der Waals surface area contributed by atoms with Gasteiger partial charge in [0.2, 0.25) is 0 Å². The van der Waals surface area contributed by atoms with Crippen molar-refractivity contribution in [1.82, 2.24) is 0 Å². The maximum Gasteiger partial charge on any atom is 0.279 e. The first-order chi connectivity index (χ1) is 15.3. The highest BCUT2D eigenvalue weighted by molar-refractivity contribution is 5.89. The molecule has 0 bridgehead atoms. The van der Waals surface area contributed by atoms with Crippen LogP contribution in [0.25, 0.3) is 5.53 Å². The Kier molecular flexibility index (Phi) is 11.0. The normalized spacial score (nSPS) is 27.2. The molecule has 2 nitrogen and oxygen atoms in total. The van der Waals surface area contributed by atoms with Crippen LogP contribution in [-0.4, -0.2) is 10.5 Å². The van der Waals surface area contributed by atoms with Gasteiger partial charge in [0.15, 0.2) is 0 Å². The zero-order chi connectivity index (χ0) is 23.7. The molecule has 2 saturated carbocycles. The minimum Gasteiger partial charge on any atom is -0.362 e. The van der Waals surface area contributed by atoms with Crippen molar-refractivity contribution in [1.29, 1.82) is 0 Å². The maximum atomic E-state index is 10.8. The second-order valence-electron chi connectivity index (χ2n) is 12.7. The Morgan fingerprint density at radius 1 is 0.781 bits per heavy atom. The zero-order valence-corrected chi connectivity index (χ0v) is 22.8. The molecule has 186 valence electrons. The van der Waals surface area contributed by atoms with Crippen LogP contribution in [-0.2, 0) is 0 Å². The number of nitrogens with zero attached hydrogens (tertiary/aromatic N) is 2. The molecule has 2 fully saturated rings. The summed E-state index contributed by atoms with van der Waals surface area (Å²) in [5.41, 5.74) is 12.5. The van der Waals surface area contributed by atoms with Gasteiger partial charge in [-0.15, -0.1) is 0 Å². The Hall–Kier alpha value is -0.620. The van der Waals surface area contributed by atoms with Crippen LogP contribution in [0.1, 0.15) is 157 Å². The number of unbranched alkanes of at least 4 members (excludes halogenated alkanes) is 2. The van der Waals surface area contributed by atoms with E-state index in [1.54, 1.807) is 0 Å². The van der Waals surface area contributed by atoms with Crippen molar-refractivity contribution in [3.63, 3.8) is 0 Å². The number of rotatable bonds is 9. The van der Waals surface area contributed by atoms with Crippen molar-refractivity contribution in [3.05, 3.63) is 5.53 Å². The molecule has 0 aromatic heterocycles. The number of hydrogen-bond donors (Lipinski definition) is 0. The van der Waals surface area contributed by atoms with Gasteiger partial charge in [0.1, 0.15) is 0 Å². The lowest BCUT2D eigenvalue weighted by atomic mass is 9.47. The van der Waals surface area contributed by atoms with E-state index in [4.69, 9.17) is 0 Å². The van der Waals surface area contributed by atoms with Crippen molar-refractivity contribution in [2.75, 3.05) is 0 Å². The fourth-order valence-electron chi connectivity index (χ4n) is 7.67. The first-order valence-electron chi connectivity index (χ1n) is 14.5. The number of hydrogen-bond acceptors (Lipinski definition) is 0. The van der Waals surface area contributed by atoms with Crippen molar-refractivity contribution in [2.24, 2.45) is 28.1 Å². The lowest BCUT2D eigenvalue weighted by Crippen LogP contribution is -2.55. The van der Waals surface area contributed by atoms with E-state index in [-0.39, 0.29) is 16.2 Å². The predicted molar refractivity (Wildman–Crippen MR) is 140 cm³/mol. The summed E-state index contributed by atoms with van der Waals surface area (Å²) in [6, 6.07) is 0. The Morgan fingerprint density at radius 2 is 1.31 bits per heavy atom. The summed E-state index contributed by atoms with van der Waals surface area (Å²) in [6.45, 7) is 14.7. The zero-order valence-electron chi connectivity index (χ0n) is 22.8. The molecule has 2 atom stereocenters. The van der Waals surface area contributed by atoms with Crippen molar-refractivity contribution >= 4 is 5.71 Å². The third-order valence-electron chi connectivity index (χ3n) is 9.74. The summed E-state index contributed by atoms with van der Waals surface area (Å²) < 4.78 is 0. The van der Waals surface area contributed by atoms with E-state index in [9.17, 15) is 5.53 Å². The molecule has 0 aromatic carbocycles. The van der Waals surface area contributed by atoms with Crippen LogP contribution >= 0.6 is 0 Å². The molecule has 0 saturated heterocycles. The lowest BCUT2D eigenvalue weighted by Gasteiger charge is -2.53. The van der Waals surface area contributed by atoms with E-state index in [0.717, 1.165) is 0 Å². The van der Waals surface area contributed by atoms with E-state index in [2.05, 4.69) is 46.3 Å². The first kappa shape index (κ1) is 27.6. The highest BCUT2D eigenvalue weighted by atomic mass is 14.9. The second-order valence-corrected chi connectivity index (χ2v) is 12.7. The quantitative estimate of drug-likeness (QED) is 0.250. The van der Waals surface area contributed by atoms with Gasteiger partial charge in [-0.05, 0) is 55.3 Å². The molecule has 0 N–H and O–H groups in total. The first-order valence-corrected chi connectivity index (χ1v) is 14.5. The maximum absolute atomic E-state index is 10.8. The third kappa shape index (κ3) is 6.28. The van der Waals surface area contributed by atoms with Gasteiger partial charge in [-0.25, -0.2) is 0 Å². The van der Waals surface area contributed by atoms with Gasteiger partial charge in [0.25, 0.3) is 5.71 Å². The van der Waals surface area contributed by atoms with Gasteiger partial charge < -0.3 is 5.53 Å². The molecule has 2 aliphatic carbocycles. The molecular weight excluding hydrogens is 388 g/mol. The smallest absolute Gasteiger partial charge is 0.279 e. The predicted octanol–water partition coefficient (Wildman–Crippen LogP) is 10.0. The summed E-state index contributed by atoms with van der Waals surface area (Å²) in [4.78, 5) is 4.38. The fraction of sp³-hybridized carbons (Fsp3) is 0.967. The average Bonchev–Trinajstić information content (AvgIpc) is 2.71. The molecule has 2 rings (SSSR count). The highest BCUT2D eigenvalue weighted by Crippen LogP contribution is 2.59. The summed E-state index contributed by atoms with van der Waals surface area (Å²) in [5, 5.41) is 0. The minimum absolute atomic E-state index is 0.0445. The van der Waals surface area contributed by atoms with Crippen LogP contribution in [0.5, 0.6) is 0 Å². The Balaban J connectivity index is 2.63. The summed E-state index contributed by atoms with van der Waals surface area (Å²) in [6.07, 6.45) is 23.5. The largest absolute Gasteiger partial charge is 0.362 e. The van der Waals surface area contributed by atoms with Gasteiger partial charge >= 0.3 is 0 Å². The summed E-state index contributed by atoms with van der Waals surface area (Å²) in [5.74, 6) is 1.08. The van der Waals surface area contributed by atoms with Crippen molar-refractivity contribution in [3.8, 4) is 0 Å². The van der Waals surface area contributed by atoms with E-state index < -0.39 is 0 Å². The molecule has 2 aliphatic rings. The molecule has 32 heavy (non-hydrogen) atoms. The van der Waals surface area contributed by atoms with E-state index in [0.29, 0.717) is 11.8 Å². The monoisotopic (exact) mass is 444 g/mol. The van der Waals surface area contributed by atoms with Gasteiger partial charge in [0, 0.05) is 0 Å². The Labute approximate surface area is 201 Å². The molecule has 0 heterocycles. The van der Waals surface area contributed by atoms with Gasteiger partial charge in [-0.1, -0.05) is 119 Å². The highest BCUT2D eigenvalue weighted by Gasteiger charge is 2.60. The minimum atomic E-state index is 0.0445. The van der Waals surface area contributed by atoms with Crippen LogP contribution in [0.15, 0.2) is 0 Å². The SMILES string of the molecule is CCCCC(C)(C)C1CCCCCC(C2CCCCCCC2)(C(C)(C)CCCC)C1=[N+]=[N-]. The lowest BCUT2D eigenvalue weighted by molar-refractivity contribution is -0.0780. The third-order valence-corrected chi connectivity index (χ3v) is 9.74. The molecule has 0 spiro atoms.